The molecule has 0 aromatic rings. The summed E-state index contributed by atoms with van der Waals surface area (Å²) in [4.78, 5) is 5.01. The third-order valence-electron chi connectivity index (χ3n) is 4.61. The van der Waals surface area contributed by atoms with Gasteiger partial charge in [-0.2, -0.15) is 0 Å². The average Bonchev–Trinajstić information content (AvgIpc) is 2.63. The molecule has 1 rings (SSSR count). The van der Waals surface area contributed by atoms with Crippen molar-refractivity contribution in [2.75, 3.05) is 40.3 Å². The molecule has 0 unspecified atom stereocenters. The van der Waals surface area contributed by atoms with Crippen LogP contribution in [-0.4, -0.2) is 55.6 Å². The molecule has 1 aliphatic rings. The number of rotatable bonds is 8. The molecular weight excluding hydrogens is 234 g/mol. The van der Waals surface area contributed by atoms with E-state index in [1.807, 2.05) is 0 Å². The quantitative estimate of drug-likeness (QED) is 0.688. The smallest absolute Gasteiger partial charge is 0.0331 e. The van der Waals surface area contributed by atoms with E-state index in [4.69, 9.17) is 5.73 Å². The topological polar surface area (TPSA) is 32.5 Å². The van der Waals surface area contributed by atoms with Crippen molar-refractivity contribution in [1.82, 2.24) is 9.80 Å². The predicted molar refractivity (Wildman–Crippen MR) is 84.5 cm³/mol. The van der Waals surface area contributed by atoms with Gasteiger partial charge < -0.3 is 10.6 Å². The number of hydrogen-bond acceptors (Lipinski definition) is 3. The van der Waals surface area contributed by atoms with Crippen LogP contribution in [0, 0.1) is 0 Å². The van der Waals surface area contributed by atoms with Crippen molar-refractivity contribution < 1.29 is 0 Å². The summed E-state index contributed by atoms with van der Waals surface area (Å²) >= 11 is 0. The lowest BCUT2D eigenvalue weighted by Gasteiger charge is -2.43. The van der Waals surface area contributed by atoms with Gasteiger partial charge >= 0.3 is 0 Å². The standard InChI is InChI=1S/C16H35N3/c1-4-12-19(14-9-13-18(2)3)16(15-17)10-7-5-6-8-11-16/h4-15,17H2,1-3H3. The molecule has 0 heterocycles. The maximum atomic E-state index is 6.22. The fourth-order valence-corrected chi connectivity index (χ4v) is 3.47. The first-order valence-electron chi connectivity index (χ1n) is 8.24. The summed E-state index contributed by atoms with van der Waals surface area (Å²) in [5.74, 6) is 0. The summed E-state index contributed by atoms with van der Waals surface area (Å²) in [5, 5.41) is 0. The van der Waals surface area contributed by atoms with Crippen LogP contribution in [0.25, 0.3) is 0 Å². The first kappa shape index (κ1) is 16.9. The second-order valence-electron chi connectivity index (χ2n) is 6.49. The summed E-state index contributed by atoms with van der Waals surface area (Å²) in [5.41, 5.74) is 6.52. The van der Waals surface area contributed by atoms with Crippen LogP contribution in [0.4, 0.5) is 0 Å². The van der Waals surface area contributed by atoms with E-state index < -0.39 is 0 Å². The van der Waals surface area contributed by atoms with Crippen LogP contribution in [0.3, 0.4) is 0 Å². The highest BCUT2D eigenvalue weighted by molar-refractivity contribution is 4.93. The van der Waals surface area contributed by atoms with Crippen LogP contribution in [0.2, 0.25) is 0 Å². The van der Waals surface area contributed by atoms with Crippen molar-refractivity contribution in [3.8, 4) is 0 Å². The van der Waals surface area contributed by atoms with Gasteiger partial charge in [-0.05, 0) is 59.4 Å². The highest BCUT2D eigenvalue weighted by Crippen LogP contribution is 2.32. The molecule has 0 aromatic carbocycles. The Hall–Kier alpha value is -0.120. The minimum Gasteiger partial charge on any atom is -0.329 e. The van der Waals surface area contributed by atoms with E-state index in [0.717, 1.165) is 6.54 Å². The lowest BCUT2D eigenvalue weighted by molar-refractivity contribution is 0.0741. The summed E-state index contributed by atoms with van der Waals surface area (Å²) in [7, 11) is 4.32. The Morgan fingerprint density at radius 2 is 1.58 bits per heavy atom. The molecule has 0 spiro atoms. The van der Waals surface area contributed by atoms with Gasteiger partial charge in [-0.15, -0.1) is 0 Å². The Kier molecular flexibility index (Phi) is 7.96. The Bertz CT molecular complexity index is 220. The maximum absolute atomic E-state index is 6.22. The lowest BCUT2D eigenvalue weighted by atomic mass is 9.87. The molecule has 0 bridgehead atoms. The second-order valence-corrected chi connectivity index (χ2v) is 6.49. The third-order valence-corrected chi connectivity index (χ3v) is 4.61. The molecule has 0 aliphatic heterocycles. The molecule has 0 radical (unpaired) electrons. The van der Waals surface area contributed by atoms with Crippen molar-refractivity contribution in [2.24, 2.45) is 5.73 Å². The highest BCUT2D eigenvalue weighted by Gasteiger charge is 2.34. The van der Waals surface area contributed by atoms with Crippen LogP contribution in [0.1, 0.15) is 58.3 Å². The van der Waals surface area contributed by atoms with E-state index in [1.54, 1.807) is 0 Å². The molecule has 0 atom stereocenters. The molecule has 3 nitrogen and oxygen atoms in total. The van der Waals surface area contributed by atoms with E-state index in [1.165, 1.54) is 71.0 Å². The van der Waals surface area contributed by atoms with Gasteiger partial charge in [0.05, 0.1) is 0 Å². The van der Waals surface area contributed by atoms with Gasteiger partial charge in [-0.25, -0.2) is 0 Å². The van der Waals surface area contributed by atoms with Crippen molar-refractivity contribution in [1.29, 1.82) is 0 Å². The van der Waals surface area contributed by atoms with E-state index >= 15 is 0 Å². The summed E-state index contributed by atoms with van der Waals surface area (Å²) < 4.78 is 0. The Morgan fingerprint density at radius 1 is 0.947 bits per heavy atom. The average molecular weight is 269 g/mol. The zero-order valence-corrected chi connectivity index (χ0v) is 13.5. The molecule has 2 N–H and O–H groups in total. The minimum atomic E-state index is 0.304. The normalized spacial score (nSPS) is 19.9. The molecule has 19 heavy (non-hydrogen) atoms. The second kappa shape index (κ2) is 8.93. The molecule has 1 saturated carbocycles. The SMILES string of the molecule is CCCN(CCCN(C)C)C1(CN)CCCCCC1. The van der Waals surface area contributed by atoms with Crippen molar-refractivity contribution in [3.63, 3.8) is 0 Å². The largest absolute Gasteiger partial charge is 0.329 e. The molecular formula is C16H35N3. The van der Waals surface area contributed by atoms with E-state index in [-0.39, 0.29) is 0 Å². The summed E-state index contributed by atoms with van der Waals surface area (Å²) in [6.45, 7) is 6.74. The number of hydrogen-bond donors (Lipinski definition) is 1. The number of nitrogens with two attached hydrogens (primary N) is 1. The van der Waals surface area contributed by atoms with E-state index in [0.29, 0.717) is 5.54 Å². The third kappa shape index (κ3) is 5.41. The van der Waals surface area contributed by atoms with Crippen molar-refractivity contribution in [3.05, 3.63) is 0 Å². The molecule has 0 amide bonds. The first-order valence-corrected chi connectivity index (χ1v) is 8.24. The van der Waals surface area contributed by atoms with Gasteiger partial charge in [0.2, 0.25) is 0 Å². The van der Waals surface area contributed by atoms with Gasteiger partial charge in [0, 0.05) is 12.1 Å². The van der Waals surface area contributed by atoms with Gasteiger partial charge in [0.1, 0.15) is 0 Å². The molecule has 3 heteroatoms. The van der Waals surface area contributed by atoms with Gasteiger partial charge in [0.15, 0.2) is 0 Å². The van der Waals surface area contributed by atoms with Crippen molar-refractivity contribution >= 4 is 0 Å². The summed E-state index contributed by atoms with van der Waals surface area (Å²) in [6, 6.07) is 0. The molecule has 1 fully saturated rings. The first-order chi connectivity index (χ1) is 9.14. The Labute approximate surface area is 120 Å². The highest BCUT2D eigenvalue weighted by atomic mass is 15.2. The Balaban J connectivity index is 2.63. The van der Waals surface area contributed by atoms with Crippen LogP contribution >= 0.6 is 0 Å². The summed E-state index contributed by atoms with van der Waals surface area (Å²) in [6.07, 6.45) is 10.7. The van der Waals surface area contributed by atoms with Crippen LogP contribution in [0.15, 0.2) is 0 Å². The van der Waals surface area contributed by atoms with Crippen LogP contribution < -0.4 is 5.73 Å². The molecule has 1 aliphatic carbocycles. The van der Waals surface area contributed by atoms with Crippen LogP contribution in [-0.2, 0) is 0 Å². The fourth-order valence-electron chi connectivity index (χ4n) is 3.47. The number of nitrogens with zero attached hydrogens (tertiary/aromatic N) is 2. The fraction of sp³-hybridized carbons (Fsp3) is 1.00. The molecule has 0 aromatic heterocycles. The van der Waals surface area contributed by atoms with Crippen LogP contribution in [0.5, 0.6) is 0 Å². The predicted octanol–water partition coefficient (Wildman–Crippen LogP) is 2.70. The maximum Gasteiger partial charge on any atom is 0.0331 e. The molecule has 114 valence electrons. The van der Waals surface area contributed by atoms with Crippen molar-refractivity contribution in [2.45, 2.75) is 63.8 Å². The van der Waals surface area contributed by atoms with E-state index in [2.05, 4.69) is 30.8 Å². The monoisotopic (exact) mass is 269 g/mol. The zero-order valence-electron chi connectivity index (χ0n) is 13.5. The molecule has 0 saturated heterocycles. The zero-order chi connectivity index (χ0) is 14.1. The van der Waals surface area contributed by atoms with Gasteiger partial charge in [0.25, 0.3) is 0 Å². The Morgan fingerprint density at radius 3 is 2.05 bits per heavy atom. The van der Waals surface area contributed by atoms with E-state index in [9.17, 15) is 0 Å². The lowest BCUT2D eigenvalue weighted by Crippen LogP contribution is -2.54. The van der Waals surface area contributed by atoms with Gasteiger partial charge in [-0.1, -0.05) is 32.6 Å². The van der Waals surface area contributed by atoms with Gasteiger partial charge in [-0.3, -0.25) is 4.90 Å². The minimum absolute atomic E-state index is 0.304.